The van der Waals surface area contributed by atoms with E-state index in [0.29, 0.717) is 56.4 Å². The third-order valence-electron chi connectivity index (χ3n) is 6.87. The molecule has 0 saturated carbocycles. The van der Waals surface area contributed by atoms with E-state index in [9.17, 15) is 14.4 Å². The summed E-state index contributed by atoms with van der Waals surface area (Å²) in [5.41, 5.74) is 2.98. The van der Waals surface area contributed by atoms with E-state index >= 15 is 0 Å². The molecule has 10 nitrogen and oxygen atoms in total. The molecule has 2 aromatic carbocycles. The zero-order valence-electron chi connectivity index (χ0n) is 21.3. The lowest BCUT2D eigenvalue weighted by Crippen LogP contribution is -2.49. The summed E-state index contributed by atoms with van der Waals surface area (Å²) in [6.07, 6.45) is 0. The van der Waals surface area contributed by atoms with Gasteiger partial charge in [0.1, 0.15) is 0 Å². The van der Waals surface area contributed by atoms with Crippen molar-refractivity contribution in [3.05, 3.63) is 86.6 Å². The number of amides is 1. The fourth-order valence-electron chi connectivity index (χ4n) is 4.74. The number of aryl methyl sites for hydroxylation is 2. The van der Waals surface area contributed by atoms with Gasteiger partial charge in [0.25, 0.3) is 5.56 Å². The molecular formula is C27H31N7O3. The summed E-state index contributed by atoms with van der Waals surface area (Å²) in [5.74, 6) is 0.605. The van der Waals surface area contributed by atoms with Crippen LogP contribution in [0.5, 0.6) is 0 Å². The number of fused-ring (bicyclic) bond motifs is 1. The van der Waals surface area contributed by atoms with Crippen molar-refractivity contribution in [1.29, 1.82) is 0 Å². The number of aromatic nitrogens is 4. The fraction of sp³-hybridized carbons (Fsp3) is 0.333. The van der Waals surface area contributed by atoms with Crippen LogP contribution in [0.1, 0.15) is 11.1 Å². The summed E-state index contributed by atoms with van der Waals surface area (Å²) < 4.78 is 4.46. The molecule has 10 heteroatoms. The maximum absolute atomic E-state index is 13.2. The van der Waals surface area contributed by atoms with Gasteiger partial charge in [-0.1, -0.05) is 48.0 Å². The number of carbonyl (C=O) groups is 1. The number of nitrogens with zero attached hydrogens (tertiary/aromatic N) is 6. The molecule has 1 saturated heterocycles. The molecule has 0 aliphatic carbocycles. The van der Waals surface area contributed by atoms with Gasteiger partial charge in [-0.2, -0.15) is 4.98 Å². The molecule has 1 fully saturated rings. The standard InChI is InChI=1S/C27H31N7O3/c1-19-9-11-21(12-10-19)28-22(35)18-32-13-15-33(16-14-32)26-29-24-23(25(36)31(3)27(37)30(24)2)34(26)17-20-7-5-4-6-8-20/h4-12H,13-18H2,1-3H3,(H,28,35). The van der Waals surface area contributed by atoms with E-state index in [4.69, 9.17) is 4.98 Å². The third-order valence-corrected chi connectivity index (χ3v) is 6.87. The molecule has 4 aromatic rings. The van der Waals surface area contributed by atoms with Crippen molar-refractivity contribution in [3.63, 3.8) is 0 Å². The highest BCUT2D eigenvalue weighted by molar-refractivity contribution is 5.92. The predicted octanol–water partition coefficient (Wildman–Crippen LogP) is 1.55. The van der Waals surface area contributed by atoms with E-state index in [2.05, 4.69) is 15.1 Å². The highest BCUT2D eigenvalue weighted by Crippen LogP contribution is 2.22. The normalized spacial score (nSPS) is 14.3. The van der Waals surface area contributed by atoms with E-state index in [1.165, 1.54) is 11.6 Å². The van der Waals surface area contributed by atoms with E-state index in [0.717, 1.165) is 21.4 Å². The van der Waals surface area contributed by atoms with Crippen LogP contribution >= 0.6 is 0 Å². The van der Waals surface area contributed by atoms with Gasteiger partial charge in [-0.05, 0) is 24.6 Å². The van der Waals surface area contributed by atoms with E-state index in [1.54, 1.807) is 7.05 Å². The minimum absolute atomic E-state index is 0.0490. The minimum atomic E-state index is -0.405. The molecular weight excluding hydrogens is 470 g/mol. The zero-order valence-corrected chi connectivity index (χ0v) is 21.3. The maximum atomic E-state index is 13.2. The second-order valence-electron chi connectivity index (χ2n) is 9.54. The first-order valence-corrected chi connectivity index (χ1v) is 12.4. The Morgan fingerprint density at radius 3 is 2.27 bits per heavy atom. The van der Waals surface area contributed by atoms with Gasteiger partial charge in [-0.25, -0.2) is 4.79 Å². The van der Waals surface area contributed by atoms with Crippen LogP contribution in [0.15, 0.2) is 64.2 Å². The molecule has 1 N–H and O–H groups in total. The lowest BCUT2D eigenvalue weighted by Gasteiger charge is -2.35. The van der Waals surface area contributed by atoms with Gasteiger partial charge >= 0.3 is 5.69 Å². The minimum Gasteiger partial charge on any atom is -0.340 e. The van der Waals surface area contributed by atoms with Crippen molar-refractivity contribution >= 4 is 28.7 Å². The van der Waals surface area contributed by atoms with Crippen LogP contribution in [0.2, 0.25) is 0 Å². The quantitative estimate of drug-likeness (QED) is 0.431. The smallest absolute Gasteiger partial charge is 0.332 e. The van der Waals surface area contributed by atoms with E-state index in [-0.39, 0.29) is 11.5 Å². The number of nitrogens with one attached hydrogen (secondary N) is 1. The fourth-order valence-corrected chi connectivity index (χ4v) is 4.74. The van der Waals surface area contributed by atoms with Crippen molar-refractivity contribution in [2.45, 2.75) is 13.5 Å². The number of hydrogen-bond donors (Lipinski definition) is 1. The Hall–Kier alpha value is -4.18. The van der Waals surface area contributed by atoms with Crippen LogP contribution in [0, 0.1) is 6.92 Å². The van der Waals surface area contributed by atoms with E-state index < -0.39 is 5.69 Å². The van der Waals surface area contributed by atoms with Crippen LogP contribution in [0.4, 0.5) is 11.6 Å². The largest absolute Gasteiger partial charge is 0.340 e. The average molecular weight is 502 g/mol. The summed E-state index contributed by atoms with van der Waals surface area (Å²) >= 11 is 0. The predicted molar refractivity (Wildman–Crippen MR) is 144 cm³/mol. The monoisotopic (exact) mass is 501 g/mol. The summed E-state index contributed by atoms with van der Waals surface area (Å²) in [5, 5.41) is 2.96. The van der Waals surface area contributed by atoms with Crippen LogP contribution < -0.4 is 21.5 Å². The number of imidazole rings is 1. The molecule has 192 valence electrons. The second kappa shape index (κ2) is 10.1. The number of hydrogen-bond acceptors (Lipinski definition) is 6. The molecule has 3 heterocycles. The summed E-state index contributed by atoms with van der Waals surface area (Å²) in [6, 6.07) is 17.6. The molecule has 1 aliphatic heterocycles. The molecule has 1 aliphatic rings. The zero-order chi connectivity index (χ0) is 26.1. The average Bonchev–Trinajstić information content (AvgIpc) is 3.28. The molecule has 1 amide bonds. The Balaban J connectivity index is 1.37. The topological polar surface area (TPSA) is 97.4 Å². The molecule has 0 radical (unpaired) electrons. The van der Waals surface area contributed by atoms with Gasteiger partial charge in [0.15, 0.2) is 11.2 Å². The Kier molecular flexibility index (Phi) is 6.66. The first kappa shape index (κ1) is 24.5. The molecule has 0 unspecified atom stereocenters. The maximum Gasteiger partial charge on any atom is 0.332 e. The number of benzene rings is 2. The highest BCUT2D eigenvalue weighted by atomic mass is 16.2. The lowest BCUT2D eigenvalue weighted by atomic mass is 10.2. The van der Waals surface area contributed by atoms with Gasteiger partial charge in [0.2, 0.25) is 11.9 Å². The molecule has 0 spiro atoms. The van der Waals surface area contributed by atoms with Crippen LogP contribution in [-0.2, 0) is 25.4 Å². The summed E-state index contributed by atoms with van der Waals surface area (Å²) in [7, 11) is 3.13. The Morgan fingerprint density at radius 1 is 0.919 bits per heavy atom. The molecule has 5 rings (SSSR count). The van der Waals surface area contributed by atoms with Crippen molar-refractivity contribution in [3.8, 4) is 0 Å². The molecule has 0 atom stereocenters. The lowest BCUT2D eigenvalue weighted by molar-refractivity contribution is -0.117. The number of rotatable bonds is 6. The third kappa shape index (κ3) is 4.92. The highest BCUT2D eigenvalue weighted by Gasteiger charge is 2.26. The molecule has 2 aromatic heterocycles. The van der Waals surface area contributed by atoms with E-state index in [1.807, 2.05) is 66.1 Å². The van der Waals surface area contributed by atoms with Crippen molar-refractivity contribution in [2.24, 2.45) is 14.1 Å². The van der Waals surface area contributed by atoms with Crippen molar-refractivity contribution in [2.75, 3.05) is 42.9 Å². The Labute approximate surface area is 214 Å². The van der Waals surface area contributed by atoms with Gasteiger partial charge < -0.3 is 10.2 Å². The number of anilines is 2. The second-order valence-corrected chi connectivity index (χ2v) is 9.54. The Morgan fingerprint density at radius 2 is 1.59 bits per heavy atom. The summed E-state index contributed by atoms with van der Waals surface area (Å²) in [6.45, 7) is 5.40. The van der Waals surface area contributed by atoms with Crippen LogP contribution in [-0.4, -0.2) is 62.2 Å². The summed E-state index contributed by atoms with van der Waals surface area (Å²) in [4.78, 5) is 47.3. The molecule has 0 bridgehead atoms. The van der Waals surface area contributed by atoms with Crippen molar-refractivity contribution in [1.82, 2.24) is 23.6 Å². The number of piperazine rings is 1. The Bertz CT molecular complexity index is 1540. The van der Waals surface area contributed by atoms with Crippen molar-refractivity contribution < 1.29 is 4.79 Å². The first-order chi connectivity index (χ1) is 17.8. The van der Waals surface area contributed by atoms with Gasteiger partial charge in [0.05, 0.1) is 13.1 Å². The van der Waals surface area contributed by atoms with Crippen LogP contribution in [0.25, 0.3) is 11.2 Å². The molecule has 37 heavy (non-hydrogen) atoms. The van der Waals surface area contributed by atoms with Crippen LogP contribution in [0.3, 0.4) is 0 Å². The van der Waals surface area contributed by atoms with Gasteiger partial charge in [-0.3, -0.25) is 28.2 Å². The first-order valence-electron chi connectivity index (χ1n) is 12.4. The van der Waals surface area contributed by atoms with Gasteiger partial charge in [-0.15, -0.1) is 0 Å². The van der Waals surface area contributed by atoms with Gasteiger partial charge in [0, 0.05) is 46.0 Å². The number of carbonyl (C=O) groups excluding carboxylic acids is 1. The SMILES string of the molecule is Cc1ccc(NC(=O)CN2CCN(c3nc4c(c(=O)n(C)c(=O)n4C)n3Cc3ccccc3)CC2)cc1.